The molecule has 1 fully saturated rings. The molecule has 2 aromatic carbocycles. The molecule has 0 aliphatic carbocycles. The van der Waals surface area contributed by atoms with Crippen molar-refractivity contribution in [2.24, 2.45) is 0 Å². The van der Waals surface area contributed by atoms with Gasteiger partial charge in [-0.2, -0.15) is 0 Å². The van der Waals surface area contributed by atoms with Crippen molar-refractivity contribution >= 4 is 17.7 Å². The van der Waals surface area contributed by atoms with Crippen LogP contribution in [0.3, 0.4) is 0 Å². The zero-order valence-corrected chi connectivity index (χ0v) is 16.3. The van der Waals surface area contributed by atoms with Crippen molar-refractivity contribution in [2.45, 2.75) is 12.3 Å². The first-order valence-corrected chi connectivity index (χ1v) is 9.43. The van der Waals surface area contributed by atoms with Gasteiger partial charge in [-0.3, -0.25) is 4.79 Å². The van der Waals surface area contributed by atoms with Crippen molar-refractivity contribution in [2.75, 3.05) is 33.6 Å². The third-order valence-electron chi connectivity index (χ3n) is 4.45. The summed E-state index contributed by atoms with van der Waals surface area (Å²) in [5, 5.41) is -0.126. The predicted molar refractivity (Wildman–Crippen MR) is 104 cm³/mol. The van der Waals surface area contributed by atoms with Crippen molar-refractivity contribution in [3.63, 3.8) is 0 Å². The van der Waals surface area contributed by atoms with Crippen LogP contribution >= 0.6 is 11.8 Å². The molecule has 1 aliphatic heterocycles. The minimum Gasteiger partial charge on any atom is -0.496 e. The molecule has 0 radical (unpaired) electrons. The van der Waals surface area contributed by atoms with E-state index < -0.39 is 0 Å². The molecule has 5 nitrogen and oxygen atoms in total. The van der Waals surface area contributed by atoms with Gasteiger partial charge in [0.15, 0.2) is 11.5 Å². The van der Waals surface area contributed by atoms with Gasteiger partial charge in [0.1, 0.15) is 11.1 Å². The van der Waals surface area contributed by atoms with Gasteiger partial charge < -0.3 is 19.1 Å². The lowest BCUT2D eigenvalue weighted by atomic mass is 10.1. The average molecular weight is 373 g/mol. The number of rotatable bonds is 5. The number of thioether (sulfide) groups is 1. The molecule has 0 bridgehead atoms. The Labute approximate surface area is 158 Å². The van der Waals surface area contributed by atoms with Crippen molar-refractivity contribution in [3.05, 3.63) is 53.1 Å². The summed E-state index contributed by atoms with van der Waals surface area (Å²) in [5.74, 6) is 2.81. The normalized spacial score (nSPS) is 16.5. The Hall–Kier alpha value is -2.34. The fraction of sp³-hybridized carbons (Fsp3) is 0.350. The number of hydrogen-bond donors (Lipinski definition) is 0. The first-order chi connectivity index (χ1) is 12.6. The number of ether oxygens (including phenoxy) is 3. The molecule has 1 saturated heterocycles. The van der Waals surface area contributed by atoms with E-state index in [-0.39, 0.29) is 11.3 Å². The summed E-state index contributed by atoms with van der Waals surface area (Å²) >= 11 is 1.72. The molecule has 1 atom stereocenters. The standard InChI is InChI=1S/C20H23NO4S/c1-13-5-7-14(8-6-13)19(22)21-9-10-26-20(21)15-11-17(24-3)18(25-4)12-16(15)23-2/h5-8,11-12,20H,9-10H2,1-4H3. The summed E-state index contributed by atoms with van der Waals surface area (Å²) in [6.45, 7) is 2.71. The quantitative estimate of drug-likeness (QED) is 0.795. The Balaban J connectivity index is 1.97. The van der Waals surface area contributed by atoms with E-state index in [2.05, 4.69) is 0 Å². The van der Waals surface area contributed by atoms with Gasteiger partial charge in [-0.1, -0.05) is 17.7 Å². The second kappa shape index (κ2) is 7.91. The minimum absolute atomic E-state index is 0.0248. The molecule has 0 saturated carbocycles. The van der Waals surface area contributed by atoms with E-state index in [0.29, 0.717) is 29.4 Å². The minimum atomic E-state index is -0.126. The van der Waals surface area contributed by atoms with Crippen molar-refractivity contribution in [3.8, 4) is 17.2 Å². The molecular weight excluding hydrogens is 350 g/mol. The lowest BCUT2D eigenvalue weighted by Crippen LogP contribution is -2.30. The maximum absolute atomic E-state index is 13.0. The third kappa shape index (κ3) is 3.46. The number of benzene rings is 2. The van der Waals surface area contributed by atoms with Crippen molar-refractivity contribution in [1.29, 1.82) is 0 Å². The van der Waals surface area contributed by atoms with Crippen LogP contribution in [0.25, 0.3) is 0 Å². The number of carbonyl (C=O) groups is 1. The molecule has 0 spiro atoms. The van der Waals surface area contributed by atoms with Crippen LogP contribution in [0.1, 0.15) is 26.9 Å². The SMILES string of the molecule is COc1cc(OC)c(C2SCCN2C(=O)c2ccc(C)cc2)cc1OC. The zero-order valence-electron chi connectivity index (χ0n) is 15.4. The maximum Gasteiger partial charge on any atom is 0.255 e. The van der Waals surface area contributed by atoms with Crippen LogP contribution < -0.4 is 14.2 Å². The Morgan fingerprint density at radius 2 is 1.62 bits per heavy atom. The molecular formula is C20H23NO4S. The summed E-state index contributed by atoms with van der Waals surface area (Å²) in [7, 11) is 4.82. The summed E-state index contributed by atoms with van der Waals surface area (Å²) in [6, 6.07) is 11.4. The van der Waals surface area contributed by atoms with Crippen LogP contribution in [0.5, 0.6) is 17.2 Å². The molecule has 1 amide bonds. The first-order valence-electron chi connectivity index (χ1n) is 8.38. The number of hydrogen-bond acceptors (Lipinski definition) is 5. The molecule has 138 valence electrons. The molecule has 2 aromatic rings. The first kappa shape index (κ1) is 18.5. The van der Waals surface area contributed by atoms with Crippen LogP contribution in [0.4, 0.5) is 0 Å². The molecule has 3 rings (SSSR count). The highest BCUT2D eigenvalue weighted by Gasteiger charge is 2.34. The molecule has 6 heteroatoms. The number of amides is 1. The molecule has 0 aromatic heterocycles. The molecule has 26 heavy (non-hydrogen) atoms. The molecule has 0 N–H and O–H groups in total. The number of aryl methyl sites for hydroxylation is 1. The van der Waals surface area contributed by atoms with Gasteiger partial charge in [0.05, 0.1) is 21.3 Å². The van der Waals surface area contributed by atoms with Crippen LogP contribution in [0.2, 0.25) is 0 Å². The molecule has 1 unspecified atom stereocenters. The Kier molecular flexibility index (Phi) is 5.61. The Morgan fingerprint density at radius 1 is 1.00 bits per heavy atom. The largest absolute Gasteiger partial charge is 0.496 e. The molecule has 1 heterocycles. The van der Waals surface area contributed by atoms with E-state index in [0.717, 1.165) is 16.9 Å². The fourth-order valence-electron chi connectivity index (χ4n) is 3.04. The second-order valence-electron chi connectivity index (χ2n) is 6.04. The second-order valence-corrected chi connectivity index (χ2v) is 7.22. The maximum atomic E-state index is 13.0. The van der Waals surface area contributed by atoms with E-state index in [9.17, 15) is 4.79 Å². The van der Waals surface area contributed by atoms with Crippen LogP contribution in [-0.2, 0) is 0 Å². The Bertz CT molecular complexity index is 791. The van der Waals surface area contributed by atoms with Gasteiger partial charge in [-0.05, 0) is 25.1 Å². The summed E-state index contributed by atoms with van der Waals surface area (Å²) in [5.41, 5.74) is 2.74. The van der Waals surface area contributed by atoms with Crippen LogP contribution in [0, 0.1) is 6.92 Å². The highest BCUT2D eigenvalue weighted by atomic mass is 32.2. The summed E-state index contributed by atoms with van der Waals surface area (Å²) in [6.07, 6.45) is 0. The lowest BCUT2D eigenvalue weighted by molar-refractivity contribution is 0.0759. The fourth-order valence-corrected chi connectivity index (χ4v) is 4.31. The monoisotopic (exact) mass is 373 g/mol. The highest BCUT2D eigenvalue weighted by Crippen LogP contribution is 2.46. The number of carbonyl (C=O) groups excluding carboxylic acids is 1. The van der Waals surface area contributed by atoms with Gasteiger partial charge in [0, 0.05) is 29.5 Å². The lowest BCUT2D eigenvalue weighted by Gasteiger charge is -2.26. The van der Waals surface area contributed by atoms with Gasteiger partial charge in [0.2, 0.25) is 0 Å². The predicted octanol–water partition coefficient (Wildman–Crippen LogP) is 3.91. The topological polar surface area (TPSA) is 48.0 Å². The van der Waals surface area contributed by atoms with E-state index >= 15 is 0 Å². The van der Waals surface area contributed by atoms with Gasteiger partial charge in [-0.25, -0.2) is 0 Å². The van der Waals surface area contributed by atoms with Crippen molar-refractivity contribution in [1.82, 2.24) is 4.90 Å². The van der Waals surface area contributed by atoms with Crippen molar-refractivity contribution < 1.29 is 19.0 Å². The Morgan fingerprint density at radius 3 is 2.23 bits per heavy atom. The zero-order chi connectivity index (χ0) is 18.7. The van der Waals surface area contributed by atoms with Gasteiger partial charge >= 0.3 is 0 Å². The average Bonchev–Trinajstić information content (AvgIpc) is 3.16. The van der Waals surface area contributed by atoms with Gasteiger partial charge in [0.25, 0.3) is 5.91 Å². The van der Waals surface area contributed by atoms with Crippen LogP contribution in [-0.4, -0.2) is 44.4 Å². The van der Waals surface area contributed by atoms with E-state index in [1.54, 1.807) is 33.1 Å². The summed E-state index contributed by atoms with van der Waals surface area (Å²) in [4.78, 5) is 14.9. The van der Waals surface area contributed by atoms with Crippen LogP contribution in [0.15, 0.2) is 36.4 Å². The molecule has 1 aliphatic rings. The number of methoxy groups -OCH3 is 3. The smallest absolute Gasteiger partial charge is 0.255 e. The van der Waals surface area contributed by atoms with E-state index in [4.69, 9.17) is 14.2 Å². The number of nitrogens with zero attached hydrogens (tertiary/aromatic N) is 1. The highest BCUT2D eigenvalue weighted by molar-refractivity contribution is 7.99. The van der Waals surface area contributed by atoms with Gasteiger partial charge in [-0.15, -0.1) is 11.8 Å². The third-order valence-corrected chi connectivity index (χ3v) is 5.69. The summed E-state index contributed by atoms with van der Waals surface area (Å²) < 4.78 is 16.4. The van der Waals surface area contributed by atoms with E-state index in [1.165, 1.54) is 0 Å². The van der Waals surface area contributed by atoms with E-state index in [1.807, 2.05) is 48.2 Å².